The first kappa shape index (κ1) is 19.7. The number of aliphatic hydroxyl groups excluding tert-OH is 2. The molecule has 0 aromatic rings. The van der Waals surface area contributed by atoms with Gasteiger partial charge in [0.1, 0.15) is 0 Å². The Kier molecular flexibility index (Phi) is 21.9. The largest absolute Gasteiger partial charge is 0.394 e. The first-order chi connectivity index (χ1) is 5.96. The minimum atomic E-state index is -0.167. The molecular formula is C11H21O2Ti-. The van der Waals surface area contributed by atoms with Crippen molar-refractivity contribution in [3.05, 3.63) is 24.3 Å². The SMILES string of the molecule is CC(C)O.CC(C)O.[C-]1=CC=CC1.[Ti]. The fourth-order valence-electron chi connectivity index (χ4n) is 0.340. The van der Waals surface area contributed by atoms with Crippen molar-refractivity contribution < 1.29 is 31.9 Å². The minimum Gasteiger partial charge on any atom is -0.394 e. The number of hydrogen-bond acceptors (Lipinski definition) is 2. The molecule has 82 valence electrons. The Morgan fingerprint density at radius 3 is 1.50 bits per heavy atom. The van der Waals surface area contributed by atoms with E-state index in [1.165, 1.54) is 0 Å². The molecule has 0 spiro atoms. The van der Waals surface area contributed by atoms with Gasteiger partial charge >= 0.3 is 0 Å². The predicted molar refractivity (Wildman–Crippen MR) is 56.3 cm³/mol. The van der Waals surface area contributed by atoms with Crippen molar-refractivity contribution in [2.75, 3.05) is 0 Å². The molecule has 0 unspecified atom stereocenters. The molecule has 0 bridgehead atoms. The van der Waals surface area contributed by atoms with Gasteiger partial charge < -0.3 is 10.2 Å². The molecule has 0 radical (unpaired) electrons. The third kappa shape index (κ3) is 57.2. The van der Waals surface area contributed by atoms with Crippen molar-refractivity contribution in [2.45, 2.75) is 46.3 Å². The van der Waals surface area contributed by atoms with E-state index in [9.17, 15) is 0 Å². The topological polar surface area (TPSA) is 40.5 Å². The zero-order chi connectivity index (χ0) is 10.7. The molecule has 0 saturated heterocycles. The summed E-state index contributed by atoms with van der Waals surface area (Å²) in [4.78, 5) is 0. The van der Waals surface area contributed by atoms with Gasteiger partial charge in [0.05, 0.1) is 0 Å². The zero-order valence-electron chi connectivity index (χ0n) is 9.49. The smallest absolute Gasteiger partial charge is 0.0483 e. The summed E-state index contributed by atoms with van der Waals surface area (Å²) >= 11 is 0. The Morgan fingerprint density at radius 2 is 1.43 bits per heavy atom. The van der Waals surface area contributed by atoms with Crippen LogP contribution in [-0.4, -0.2) is 22.4 Å². The van der Waals surface area contributed by atoms with E-state index in [4.69, 9.17) is 10.2 Å². The quantitative estimate of drug-likeness (QED) is 0.496. The van der Waals surface area contributed by atoms with E-state index in [0.717, 1.165) is 6.42 Å². The molecule has 0 aromatic carbocycles. The molecule has 1 rings (SSSR count). The standard InChI is InChI=1S/C5H5.2C3H8O.Ti/c1-2-4-5-3-1;2*1-3(2)4;/h1-3H,4H2;2*3-4H,1-2H3;/q-1;;;. The van der Waals surface area contributed by atoms with E-state index in [1.807, 2.05) is 12.2 Å². The Balaban J connectivity index is -0.000000127. The second kappa shape index (κ2) is 15.6. The van der Waals surface area contributed by atoms with E-state index < -0.39 is 0 Å². The molecule has 0 aromatic heterocycles. The van der Waals surface area contributed by atoms with Crippen LogP contribution in [0.3, 0.4) is 0 Å². The molecule has 0 amide bonds. The third-order valence-electron chi connectivity index (χ3n) is 0.586. The molecular weight excluding hydrogens is 212 g/mol. The van der Waals surface area contributed by atoms with E-state index >= 15 is 0 Å². The van der Waals surface area contributed by atoms with Crippen LogP contribution >= 0.6 is 0 Å². The first-order valence-corrected chi connectivity index (χ1v) is 4.54. The van der Waals surface area contributed by atoms with E-state index in [2.05, 4.69) is 12.2 Å². The van der Waals surface area contributed by atoms with Crippen LogP contribution in [0.4, 0.5) is 0 Å². The molecule has 0 heterocycles. The molecule has 0 fully saturated rings. The number of allylic oxidation sites excluding steroid dienone is 4. The van der Waals surface area contributed by atoms with Crippen LogP contribution in [0.25, 0.3) is 0 Å². The molecule has 2 N–H and O–H groups in total. The van der Waals surface area contributed by atoms with Crippen molar-refractivity contribution in [1.29, 1.82) is 0 Å². The van der Waals surface area contributed by atoms with Gasteiger partial charge in [0.2, 0.25) is 0 Å². The summed E-state index contributed by atoms with van der Waals surface area (Å²) in [6.45, 7) is 6.89. The maximum Gasteiger partial charge on any atom is 0.0483 e. The molecule has 0 saturated carbocycles. The second-order valence-corrected chi connectivity index (χ2v) is 3.19. The summed E-state index contributed by atoms with van der Waals surface area (Å²) in [5, 5.41) is 16.1. The minimum absolute atomic E-state index is 0. The van der Waals surface area contributed by atoms with E-state index in [0.29, 0.717) is 0 Å². The van der Waals surface area contributed by atoms with Crippen LogP contribution < -0.4 is 0 Å². The van der Waals surface area contributed by atoms with Gasteiger partial charge in [0, 0.05) is 33.9 Å². The van der Waals surface area contributed by atoms with Crippen LogP contribution in [0.1, 0.15) is 34.1 Å². The molecule has 1 aliphatic rings. The summed E-state index contributed by atoms with van der Waals surface area (Å²) in [7, 11) is 0. The van der Waals surface area contributed by atoms with Gasteiger partial charge in [0.25, 0.3) is 0 Å². The average molecular weight is 233 g/mol. The van der Waals surface area contributed by atoms with E-state index in [-0.39, 0.29) is 33.9 Å². The normalized spacial score (nSPS) is 11.4. The van der Waals surface area contributed by atoms with Crippen molar-refractivity contribution in [3.63, 3.8) is 0 Å². The van der Waals surface area contributed by atoms with Gasteiger partial charge in [-0.2, -0.15) is 6.08 Å². The molecule has 2 nitrogen and oxygen atoms in total. The molecule has 3 heteroatoms. The number of hydrogen-bond donors (Lipinski definition) is 2. The van der Waals surface area contributed by atoms with Gasteiger partial charge in [-0.15, -0.1) is 6.42 Å². The Morgan fingerprint density at radius 1 is 1.07 bits per heavy atom. The van der Waals surface area contributed by atoms with Crippen LogP contribution in [0.5, 0.6) is 0 Å². The second-order valence-electron chi connectivity index (χ2n) is 3.19. The summed E-state index contributed by atoms with van der Waals surface area (Å²) in [6.07, 6.45) is 9.67. The molecule has 1 aliphatic carbocycles. The predicted octanol–water partition coefficient (Wildman–Crippen LogP) is 2.08. The summed E-state index contributed by atoms with van der Waals surface area (Å²) in [5.74, 6) is 0. The molecule has 0 aliphatic heterocycles. The third-order valence-corrected chi connectivity index (χ3v) is 0.586. The van der Waals surface area contributed by atoms with Crippen molar-refractivity contribution in [2.24, 2.45) is 0 Å². The summed E-state index contributed by atoms with van der Waals surface area (Å²) < 4.78 is 0. The molecule has 14 heavy (non-hydrogen) atoms. The monoisotopic (exact) mass is 233 g/mol. The maximum absolute atomic E-state index is 8.06. The van der Waals surface area contributed by atoms with Gasteiger partial charge in [-0.05, 0) is 27.7 Å². The van der Waals surface area contributed by atoms with Crippen molar-refractivity contribution >= 4 is 0 Å². The number of aliphatic hydroxyl groups is 2. The van der Waals surface area contributed by atoms with Crippen LogP contribution in [0.2, 0.25) is 0 Å². The Labute approximate surface area is 103 Å². The first-order valence-electron chi connectivity index (χ1n) is 4.54. The Hall–Kier alpha value is 0.114. The van der Waals surface area contributed by atoms with Gasteiger partial charge in [-0.1, -0.05) is 0 Å². The van der Waals surface area contributed by atoms with Crippen LogP contribution in [-0.2, 0) is 21.7 Å². The van der Waals surface area contributed by atoms with Gasteiger partial charge in [-0.25, -0.2) is 12.2 Å². The van der Waals surface area contributed by atoms with Crippen molar-refractivity contribution in [3.8, 4) is 0 Å². The average Bonchev–Trinajstić information content (AvgIpc) is 2.35. The summed E-state index contributed by atoms with van der Waals surface area (Å²) in [5.41, 5.74) is 0. The fourth-order valence-corrected chi connectivity index (χ4v) is 0.340. The summed E-state index contributed by atoms with van der Waals surface area (Å²) in [6, 6.07) is 0. The van der Waals surface area contributed by atoms with E-state index in [1.54, 1.807) is 27.7 Å². The zero-order valence-corrected chi connectivity index (χ0v) is 11.0. The van der Waals surface area contributed by atoms with Crippen LogP contribution in [0, 0.1) is 6.08 Å². The van der Waals surface area contributed by atoms with Crippen LogP contribution in [0.15, 0.2) is 18.2 Å². The maximum atomic E-state index is 8.06. The van der Waals surface area contributed by atoms with Gasteiger partial charge in [0.15, 0.2) is 0 Å². The van der Waals surface area contributed by atoms with Crippen molar-refractivity contribution in [1.82, 2.24) is 0 Å². The fraction of sp³-hybridized carbons (Fsp3) is 0.636. The number of rotatable bonds is 0. The Bertz CT molecular complexity index is 119. The molecule has 0 atom stereocenters. The van der Waals surface area contributed by atoms with Gasteiger partial charge in [-0.3, -0.25) is 6.08 Å².